The van der Waals surface area contributed by atoms with Gasteiger partial charge in [-0.1, -0.05) is 42.5 Å². The molecule has 3 aromatic carbocycles. The van der Waals surface area contributed by atoms with Gasteiger partial charge in [-0.2, -0.15) is 0 Å². The van der Waals surface area contributed by atoms with Gasteiger partial charge in [0, 0.05) is 30.1 Å². The molecular weight excluding hydrogens is 394 g/mol. The number of nitro groups is 1. The number of nitro benzene ring substituents is 1. The summed E-state index contributed by atoms with van der Waals surface area (Å²) >= 11 is 0. The molecule has 1 heterocycles. The molecule has 0 spiro atoms. The van der Waals surface area contributed by atoms with E-state index in [4.69, 9.17) is 0 Å². The Morgan fingerprint density at radius 1 is 1.03 bits per heavy atom. The molecule has 0 saturated heterocycles. The Bertz CT molecular complexity index is 1370. The van der Waals surface area contributed by atoms with Gasteiger partial charge in [0.25, 0.3) is 17.2 Å². The molecule has 0 atom stereocenters. The van der Waals surface area contributed by atoms with Crippen LogP contribution in [-0.4, -0.2) is 15.4 Å². The number of hydrogen-bond donors (Lipinski definition) is 1. The highest BCUT2D eigenvalue weighted by molar-refractivity contribution is 6.04. The molecule has 4 aromatic rings. The maximum Gasteiger partial charge on any atom is 0.269 e. The Balaban J connectivity index is 1.61. The lowest BCUT2D eigenvalue weighted by Crippen LogP contribution is -2.22. The van der Waals surface area contributed by atoms with Crippen molar-refractivity contribution in [3.05, 3.63) is 116 Å². The van der Waals surface area contributed by atoms with Crippen molar-refractivity contribution >= 4 is 28.1 Å². The van der Waals surface area contributed by atoms with Crippen LogP contribution >= 0.6 is 0 Å². The van der Waals surface area contributed by atoms with Crippen LogP contribution in [0.5, 0.6) is 0 Å². The molecule has 4 rings (SSSR count). The lowest BCUT2D eigenvalue weighted by Gasteiger charge is -2.12. The van der Waals surface area contributed by atoms with Crippen LogP contribution in [0.1, 0.15) is 21.5 Å². The maximum absolute atomic E-state index is 12.8. The zero-order valence-corrected chi connectivity index (χ0v) is 16.7. The summed E-state index contributed by atoms with van der Waals surface area (Å²) in [5, 5.41) is 15.8. The summed E-state index contributed by atoms with van der Waals surface area (Å²) in [4.78, 5) is 35.6. The Kier molecular flexibility index (Phi) is 5.32. The van der Waals surface area contributed by atoms with Gasteiger partial charge in [0.15, 0.2) is 0 Å². The molecule has 1 N–H and O–H groups in total. The maximum atomic E-state index is 12.8. The van der Waals surface area contributed by atoms with Crippen LogP contribution in [0, 0.1) is 17.0 Å². The van der Waals surface area contributed by atoms with Crippen LogP contribution in [0.2, 0.25) is 0 Å². The van der Waals surface area contributed by atoms with E-state index in [0.717, 1.165) is 16.3 Å². The second kappa shape index (κ2) is 8.23. The Hall–Kier alpha value is -4.26. The van der Waals surface area contributed by atoms with Crippen LogP contribution in [0.3, 0.4) is 0 Å². The van der Waals surface area contributed by atoms with Gasteiger partial charge >= 0.3 is 0 Å². The van der Waals surface area contributed by atoms with Gasteiger partial charge in [0.2, 0.25) is 0 Å². The highest BCUT2D eigenvalue weighted by atomic mass is 16.6. The van der Waals surface area contributed by atoms with Gasteiger partial charge in [0.1, 0.15) is 0 Å². The molecule has 0 aliphatic heterocycles. The Morgan fingerprint density at radius 2 is 1.81 bits per heavy atom. The number of nitrogens with zero attached hydrogens (tertiary/aromatic N) is 2. The number of non-ortho nitro benzene ring substituents is 1. The second-order valence-corrected chi connectivity index (χ2v) is 7.23. The lowest BCUT2D eigenvalue weighted by molar-refractivity contribution is -0.384. The largest absolute Gasteiger partial charge is 0.322 e. The van der Waals surface area contributed by atoms with Crippen LogP contribution in [-0.2, 0) is 6.54 Å². The summed E-state index contributed by atoms with van der Waals surface area (Å²) in [5.41, 5.74) is 2.09. The number of fused-ring (bicyclic) bond motifs is 1. The fourth-order valence-corrected chi connectivity index (χ4v) is 3.50. The summed E-state index contributed by atoms with van der Waals surface area (Å²) in [6.45, 7) is 2.02. The third kappa shape index (κ3) is 4.20. The van der Waals surface area contributed by atoms with Crippen LogP contribution < -0.4 is 10.9 Å². The second-order valence-electron chi connectivity index (χ2n) is 7.23. The molecule has 1 amide bonds. The number of amides is 1. The number of aromatic nitrogens is 1. The average molecular weight is 413 g/mol. The minimum atomic E-state index is -0.484. The van der Waals surface area contributed by atoms with Crippen LogP contribution in [0.25, 0.3) is 10.8 Å². The molecule has 0 fully saturated rings. The molecule has 0 aliphatic rings. The minimum Gasteiger partial charge on any atom is -0.322 e. The van der Waals surface area contributed by atoms with E-state index in [1.165, 1.54) is 41.1 Å². The molecule has 31 heavy (non-hydrogen) atoms. The number of carbonyl (C=O) groups excluding carboxylic acids is 1. The van der Waals surface area contributed by atoms with Gasteiger partial charge in [-0.15, -0.1) is 0 Å². The van der Waals surface area contributed by atoms with E-state index in [0.29, 0.717) is 23.4 Å². The highest BCUT2D eigenvalue weighted by Gasteiger charge is 2.13. The quantitative estimate of drug-likeness (QED) is 0.384. The summed E-state index contributed by atoms with van der Waals surface area (Å²) in [6.07, 6.45) is 1.53. The summed E-state index contributed by atoms with van der Waals surface area (Å²) in [7, 11) is 0. The fourth-order valence-electron chi connectivity index (χ4n) is 3.50. The minimum absolute atomic E-state index is 0.0425. The molecule has 154 valence electrons. The summed E-state index contributed by atoms with van der Waals surface area (Å²) in [6, 6.07) is 20.9. The van der Waals surface area contributed by atoms with Crippen LogP contribution in [0.4, 0.5) is 11.4 Å². The van der Waals surface area contributed by atoms with Crippen molar-refractivity contribution in [2.45, 2.75) is 13.5 Å². The zero-order chi connectivity index (χ0) is 22.0. The van der Waals surface area contributed by atoms with Crippen molar-refractivity contribution in [1.82, 2.24) is 4.57 Å². The number of aryl methyl sites for hydroxylation is 1. The molecule has 0 saturated carbocycles. The molecule has 7 nitrogen and oxygen atoms in total. The number of anilines is 1. The van der Waals surface area contributed by atoms with Crippen molar-refractivity contribution in [3.63, 3.8) is 0 Å². The first-order chi connectivity index (χ1) is 14.9. The van der Waals surface area contributed by atoms with E-state index in [-0.39, 0.29) is 11.2 Å². The van der Waals surface area contributed by atoms with Crippen molar-refractivity contribution in [2.75, 3.05) is 5.32 Å². The number of nitrogens with one attached hydrogen (secondary N) is 1. The predicted octanol–water partition coefficient (Wildman–Crippen LogP) is 4.52. The van der Waals surface area contributed by atoms with E-state index in [1.54, 1.807) is 6.92 Å². The van der Waals surface area contributed by atoms with E-state index in [1.807, 2.05) is 42.5 Å². The van der Waals surface area contributed by atoms with Crippen molar-refractivity contribution in [1.29, 1.82) is 0 Å². The first kappa shape index (κ1) is 20.0. The van der Waals surface area contributed by atoms with Gasteiger partial charge in [-0.05, 0) is 41.0 Å². The normalized spacial score (nSPS) is 10.7. The van der Waals surface area contributed by atoms with Crippen molar-refractivity contribution in [3.8, 4) is 0 Å². The number of carbonyl (C=O) groups is 1. The van der Waals surface area contributed by atoms with E-state index in [9.17, 15) is 19.7 Å². The predicted molar refractivity (Wildman–Crippen MR) is 120 cm³/mol. The summed E-state index contributed by atoms with van der Waals surface area (Å²) in [5.74, 6) is -0.399. The first-order valence-electron chi connectivity index (χ1n) is 9.66. The number of rotatable bonds is 5. The standard InChI is InChI=1S/C24H19N3O4/c1-16-13-20(27(30)31)10-11-22(16)25-24(29)19-9-12-23(28)26(15-19)14-18-7-4-6-17-5-2-3-8-21(17)18/h2-13,15H,14H2,1H3,(H,25,29). The SMILES string of the molecule is Cc1cc([N+](=O)[O-])ccc1NC(=O)c1ccc(=O)n(Cc2cccc3ccccc23)c1. The van der Waals surface area contributed by atoms with Crippen molar-refractivity contribution < 1.29 is 9.72 Å². The first-order valence-corrected chi connectivity index (χ1v) is 9.66. The molecular formula is C24H19N3O4. The molecule has 7 heteroatoms. The van der Waals surface area contributed by atoms with Gasteiger partial charge in [-0.3, -0.25) is 19.7 Å². The van der Waals surface area contributed by atoms with E-state index < -0.39 is 10.8 Å². The van der Waals surface area contributed by atoms with Gasteiger partial charge in [0.05, 0.1) is 17.0 Å². The zero-order valence-electron chi connectivity index (χ0n) is 16.7. The Morgan fingerprint density at radius 3 is 2.58 bits per heavy atom. The molecule has 0 unspecified atom stereocenters. The molecule has 0 radical (unpaired) electrons. The lowest BCUT2D eigenvalue weighted by atomic mass is 10.0. The van der Waals surface area contributed by atoms with E-state index >= 15 is 0 Å². The van der Waals surface area contributed by atoms with Crippen molar-refractivity contribution in [2.24, 2.45) is 0 Å². The summed E-state index contributed by atoms with van der Waals surface area (Å²) < 4.78 is 1.50. The molecule has 1 aromatic heterocycles. The number of benzene rings is 3. The molecule has 0 aliphatic carbocycles. The third-order valence-corrected chi connectivity index (χ3v) is 5.14. The topological polar surface area (TPSA) is 94.2 Å². The number of hydrogen-bond acceptors (Lipinski definition) is 4. The third-order valence-electron chi connectivity index (χ3n) is 5.14. The van der Waals surface area contributed by atoms with Gasteiger partial charge in [-0.25, -0.2) is 0 Å². The Labute approximate surface area is 177 Å². The monoisotopic (exact) mass is 413 g/mol. The van der Waals surface area contributed by atoms with Gasteiger partial charge < -0.3 is 9.88 Å². The van der Waals surface area contributed by atoms with E-state index in [2.05, 4.69) is 5.32 Å². The number of pyridine rings is 1. The highest BCUT2D eigenvalue weighted by Crippen LogP contribution is 2.22. The molecule has 0 bridgehead atoms. The smallest absolute Gasteiger partial charge is 0.269 e. The average Bonchev–Trinajstić information content (AvgIpc) is 2.76. The van der Waals surface area contributed by atoms with Crippen LogP contribution in [0.15, 0.2) is 83.8 Å². The fraction of sp³-hybridized carbons (Fsp3) is 0.0833.